The summed E-state index contributed by atoms with van der Waals surface area (Å²) in [7, 11) is 1.33. The molecule has 1 saturated carbocycles. The third kappa shape index (κ3) is 2.72. The Morgan fingerprint density at radius 1 is 1.33 bits per heavy atom. The van der Waals surface area contributed by atoms with Gasteiger partial charge >= 0.3 is 5.97 Å². The number of nitrogens with zero attached hydrogens (tertiary/aromatic N) is 2. The van der Waals surface area contributed by atoms with E-state index in [1.54, 1.807) is 13.0 Å². The quantitative estimate of drug-likeness (QED) is 0.792. The number of esters is 1. The molecule has 2 aromatic heterocycles. The van der Waals surface area contributed by atoms with Crippen LogP contribution in [0.1, 0.15) is 55.2 Å². The topological polar surface area (TPSA) is 61.2 Å². The van der Waals surface area contributed by atoms with Crippen LogP contribution in [-0.2, 0) is 4.74 Å². The normalized spacial score (nSPS) is 24.1. The number of aryl methyl sites for hydroxylation is 1. The molecule has 0 unspecified atom stereocenters. The molecule has 0 bridgehead atoms. The van der Waals surface area contributed by atoms with Crippen LogP contribution >= 0.6 is 0 Å². The van der Waals surface area contributed by atoms with Crippen molar-refractivity contribution in [2.45, 2.75) is 46.1 Å². The van der Waals surface area contributed by atoms with E-state index in [9.17, 15) is 9.59 Å². The molecule has 5 nitrogen and oxygen atoms in total. The molecule has 0 N–H and O–H groups in total. The van der Waals surface area contributed by atoms with Crippen molar-refractivity contribution in [3.05, 3.63) is 39.9 Å². The van der Waals surface area contributed by atoms with Crippen LogP contribution in [0.5, 0.6) is 0 Å². The van der Waals surface area contributed by atoms with Crippen LogP contribution in [0.15, 0.2) is 23.1 Å². The van der Waals surface area contributed by atoms with E-state index in [0.29, 0.717) is 34.0 Å². The average Bonchev–Trinajstić information content (AvgIpc) is 2.57. The van der Waals surface area contributed by atoms with E-state index in [0.717, 1.165) is 12.8 Å². The second-order valence-electron chi connectivity index (χ2n) is 6.91. The van der Waals surface area contributed by atoms with Gasteiger partial charge in [0.05, 0.1) is 29.3 Å². The van der Waals surface area contributed by atoms with Crippen molar-refractivity contribution in [2.75, 3.05) is 7.11 Å². The molecule has 0 aromatic carbocycles. The SMILES string of the molecule is COC(=O)c1cc2c(=O)n([C@@H]3CCC[C@@H](C)[C@H]3C)ccc2nc1C. The zero-order chi connectivity index (χ0) is 17.4. The lowest BCUT2D eigenvalue weighted by Gasteiger charge is -2.35. The van der Waals surface area contributed by atoms with Gasteiger partial charge in [0.2, 0.25) is 0 Å². The predicted octanol–water partition coefficient (Wildman–Crippen LogP) is 3.49. The first-order valence-corrected chi connectivity index (χ1v) is 8.55. The van der Waals surface area contributed by atoms with Crippen molar-refractivity contribution in [1.29, 1.82) is 0 Å². The van der Waals surface area contributed by atoms with Gasteiger partial charge in [0, 0.05) is 12.2 Å². The van der Waals surface area contributed by atoms with E-state index in [2.05, 4.69) is 18.8 Å². The summed E-state index contributed by atoms with van der Waals surface area (Å²) in [6.07, 6.45) is 5.22. The Morgan fingerprint density at radius 2 is 2.08 bits per heavy atom. The van der Waals surface area contributed by atoms with Crippen LogP contribution in [0, 0.1) is 18.8 Å². The minimum Gasteiger partial charge on any atom is -0.465 e. The number of carbonyl (C=O) groups excluding carboxylic acids is 1. The molecular formula is C19H24N2O3. The van der Waals surface area contributed by atoms with Crippen LogP contribution in [-0.4, -0.2) is 22.6 Å². The third-order valence-electron chi connectivity index (χ3n) is 5.53. The van der Waals surface area contributed by atoms with Crippen molar-refractivity contribution in [2.24, 2.45) is 11.8 Å². The van der Waals surface area contributed by atoms with Gasteiger partial charge in [-0.25, -0.2) is 4.79 Å². The molecule has 1 fully saturated rings. The van der Waals surface area contributed by atoms with Gasteiger partial charge in [-0.2, -0.15) is 0 Å². The first kappa shape index (κ1) is 16.7. The number of aromatic nitrogens is 2. The molecule has 0 saturated heterocycles. The highest BCUT2D eigenvalue weighted by atomic mass is 16.5. The van der Waals surface area contributed by atoms with Crippen molar-refractivity contribution < 1.29 is 9.53 Å². The standard InChI is InChI=1S/C19H24N2O3/c1-11-6-5-7-17(12(11)2)21-9-8-16-15(18(21)22)10-14(13(3)20-16)19(23)24-4/h8-12,17H,5-7H2,1-4H3/t11-,12-,17-/m1/s1. The third-order valence-corrected chi connectivity index (χ3v) is 5.53. The molecule has 5 heteroatoms. The monoisotopic (exact) mass is 328 g/mol. The van der Waals surface area contributed by atoms with Crippen molar-refractivity contribution in [3.8, 4) is 0 Å². The highest BCUT2D eigenvalue weighted by molar-refractivity contribution is 5.94. The summed E-state index contributed by atoms with van der Waals surface area (Å²) in [5.41, 5.74) is 1.48. The minimum atomic E-state index is -0.462. The molecule has 1 aliphatic carbocycles. The summed E-state index contributed by atoms with van der Waals surface area (Å²) in [5.74, 6) is 0.594. The smallest absolute Gasteiger partial charge is 0.339 e. The fraction of sp³-hybridized carbons (Fsp3) is 0.526. The van der Waals surface area contributed by atoms with Gasteiger partial charge in [-0.3, -0.25) is 9.78 Å². The van der Waals surface area contributed by atoms with Crippen molar-refractivity contribution >= 4 is 16.9 Å². The molecule has 24 heavy (non-hydrogen) atoms. The number of methoxy groups -OCH3 is 1. The minimum absolute atomic E-state index is 0.0731. The van der Waals surface area contributed by atoms with Gasteiger partial charge < -0.3 is 9.30 Å². The maximum Gasteiger partial charge on any atom is 0.339 e. The Kier molecular flexibility index (Phi) is 4.43. The summed E-state index contributed by atoms with van der Waals surface area (Å²) in [4.78, 5) is 29.3. The average molecular weight is 328 g/mol. The lowest BCUT2D eigenvalue weighted by molar-refractivity contribution is 0.0599. The van der Waals surface area contributed by atoms with E-state index < -0.39 is 5.97 Å². The van der Waals surface area contributed by atoms with Gasteiger partial charge in [-0.1, -0.05) is 26.7 Å². The molecule has 3 rings (SSSR count). The van der Waals surface area contributed by atoms with Crippen molar-refractivity contribution in [3.63, 3.8) is 0 Å². The molecule has 0 spiro atoms. The zero-order valence-electron chi connectivity index (χ0n) is 14.7. The Balaban J connectivity index is 2.15. The molecule has 1 aliphatic rings. The number of carbonyl (C=O) groups is 1. The summed E-state index contributed by atoms with van der Waals surface area (Å²) in [5, 5.41) is 0.480. The number of pyridine rings is 2. The number of hydrogen-bond acceptors (Lipinski definition) is 4. The first-order chi connectivity index (χ1) is 11.4. The first-order valence-electron chi connectivity index (χ1n) is 8.55. The highest BCUT2D eigenvalue weighted by Gasteiger charge is 2.29. The molecule has 2 aromatic rings. The second-order valence-corrected chi connectivity index (χ2v) is 6.91. The number of ether oxygens (including phenoxy) is 1. The lowest BCUT2D eigenvalue weighted by Crippen LogP contribution is -2.33. The Hall–Kier alpha value is -2.17. The second kappa shape index (κ2) is 6.38. The Morgan fingerprint density at radius 3 is 2.79 bits per heavy atom. The van der Waals surface area contributed by atoms with Crippen LogP contribution < -0.4 is 5.56 Å². The largest absolute Gasteiger partial charge is 0.465 e. The fourth-order valence-corrected chi connectivity index (χ4v) is 3.80. The Labute approximate surface area is 141 Å². The van der Waals surface area contributed by atoms with Gasteiger partial charge in [-0.15, -0.1) is 0 Å². The van der Waals surface area contributed by atoms with Crippen LogP contribution in [0.4, 0.5) is 0 Å². The maximum absolute atomic E-state index is 13.0. The van der Waals surface area contributed by atoms with E-state index in [1.807, 2.05) is 16.8 Å². The van der Waals surface area contributed by atoms with Crippen molar-refractivity contribution in [1.82, 2.24) is 9.55 Å². The van der Waals surface area contributed by atoms with E-state index in [4.69, 9.17) is 4.74 Å². The van der Waals surface area contributed by atoms with Gasteiger partial charge in [0.15, 0.2) is 0 Å². The zero-order valence-corrected chi connectivity index (χ0v) is 14.7. The fourth-order valence-electron chi connectivity index (χ4n) is 3.80. The number of fused-ring (bicyclic) bond motifs is 1. The summed E-state index contributed by atoms with van der Waals surface area (Å²) < 4.78 is 6.63. The highest BCUT2D eigenvalue weighted by Crippen LogP contribution is 2.37. The van der Waals surface area contributed by atoms with Crippen LogP contribution in [0.25, 0.3) is 10.9 Å². The lowest BCUT2D eigenvalue weighted by atomic mass is 9.78. The number of hydrogen-bond donors (Lipinski definition) is 0. The molecule has 0 amide bonds. The van der Waals surface area contributed by atoms with Gasteiger partial charge in [0.25, 0.3) is 5.56 Å². The molecule has 2 heterocycles. The molecule has 0 aliphatic heterocycles. The molecule has 128 valence electrons. The summed E-state index contributed by atoms with van der Waals surface area (Å²) in [6, 6.07) is 3.70. The molecule has 3 atom stereocenters. The number of rotatable bonds is 2. The van der Waals surface area contributed by atoms with E-state index in [-0.39, 0.29) is 11.6 Å². The van der Waals surface area contributed by atoms with E-state index in [1.165, 1.54) is 13.5 Å². The van der Waals surface area contributed by atoms with Gasteiger partial charge in [-0.05, 0) is 37.3 Å². The van der Waals surface area contributed by atoms with Gasteiger partial charge in [0.1, 0.15) is 0 Å². The molecular weight excluding hydrogens is 304 g/mol. The molecule has 0 radical (unpaired) electrons. The summed E-state index contributed by atoms with van der Waals surface area (Å²) >= 11 is 0. The predicted molar refractivity (Wildman–Crippen MR) is 93.3 cm³/mol. The van der Waals surface area contributed by atoms with E-state index >= 15 is 0 Å². The van der Waals surface area contributed by atoms with Crippen LogP contribution in [0.3, 0.4) is 0 Å². The summed E-state index contributed by atoms with van der Waals surface area (Å²) in [6.45, 7) is 6.23. The Bertz CT molecular complexity index is 840. The maximum atomic E-state index is 13.0. The van der Waals surface area contributed by atoms with Crippen LogP contribution in [0.2, 0.25) is 0 Å².